The molecule has 0 atom stereocenters. The monoisotopic (exact) mass is 269 g/mol. The van der Waals surface area contributed by atoms with E-state index in [9.17, 15) is 8.42 Å². The molecule has 0 radical (unpaired) electrons. The van der Waals surface area contributed by atoms with Crippen LogP contribution in [-0.2, 0) is 20.0 Å². The van der Waals surface area contributed by atoms with Crippen molar-refractivity contribution < 1.29 is 13.2 Å². The van der Waals surface area contributed by atoms with Gasteiger partial charge in [0.2, 0.25) is 0 Å². The molecule has 2 rings (SSSR count). The highest BCUT2D eigenvalue weighted by Gasteiger charge is 2.39. The van der Waals surface area contributed by atoms with Crippen LogP contribution in [0.15, 0.2) is 29.2 Å². The molecule has 0 aliphatic carbocycles. The van der Waals surface area contributed by atoms with Crippen molar-refractivity contribution in [2.24, 2.45) is 5.73 Å². The molecule has 5 heteroatoms. The second-order valence-corrected chi connectivity index (χ2v) is 7.60. The molecule has 0 spiro atoms. The Labute approximate surface area is 108 Å². The molecule has 1 aliphatic heterocycles. The average Bonchev–Trinajstić information content (AvgIpc) is 2.29. The number of nitrogens with two attached hydrogens (primary N) is 1. The van der Waals surface area contributed by atoms with Crippen LogP contribution >= 0.6 is 0 Å². The van der Waals surface area contributed by atoms with Gasteiger partial charge in [0.1, 0.15) is 0 Å². The fourth-order valence-corrected chi connectivity index (χ4v) is 3.08. The van der Waals surface area contributed by atoms with Gasteiger partial charge < -0.3 is 10.5 Å². The van der Waals surface area contributed by atoms with E-state index in [0.29, 0.717) is 24.7 Å². The first kappa shape index (κ1) is 13.5. The van der Waals surface area contributed by atoms with E-state index >= 15 is 0 Å². The topological polar surface area (TPSA) is 69.4 Å². The van der Waals surface area contributed by atoms with Crippen LogP contribution in [0.5, 0.6) is 0 Å². The Morgan fingerprint density at radius 3 is 2.17 bits per heavy atom. The molecule has 2 N–H and O–H groups in total. The molecule has 0 saturated carbocycles. The maximum absolute atomic E-state index is 12.0. The van der Waals surface area contributed by atoms with Crippen LogP contribution in [0.1, 0.15) is 19.4 Å². The zero-order chi connectivity index (χ0) is 13.4. The quantitative estimate of drug-likeness (QED) is 0.888. The minimum Gasteiger partial charge on any atom is -0.379 e. The third kappa shape index (κ3) is 2.06. The number of hydrogen-bond donors (Lipinski definition) is 1. The minimum atomic E-state index is -3.20. The zero-order valence-electron chi connectivity index (χ0n) is 10.7. The van der Waals surface area contributed by atoms with Gasteiger partial charge in [-0.2, -0.15) is 0 Å². The fraction of sp³-hybridized carbons (Fsp3) is 0.538. The summed E-state index contributed by atoms with van der Waals surface area (Å²) in [5, 5.41) is -0.404. The number of ether oxygens (including phenoxy) is 1. The van der Waals surface area contributed by atoms with E-state index in [2.05, 4.69) is 0 Å². The van der Waals surface area contributed by atoms with E-state index < -0.39 is 15.1 Å². The molecule has 0 unspecified atom stereocenters. The summed E-state index contributed by atoms with van der Waals surface area (Å²) in [6.45, 7) is 5.11. The highest BCUT2D eigenvalue weighted by molar-refractivity contribution is 7.92. The van der Waals surface area contributed by atoms with Crippen LogP contribution in [-0.4, -0.2) is 33.4 Å². The molecule has 0 amide bonds. The maximum Gasteiger partial charge on any atom is 0.180 e. The summed E-state index contributed by atoms with van der Waals surface area (Å²) in [7, 11) is -3.20. The van der Waals surface area contributed by atoms with Crippen molar-refractivity contribution >= 4 is 9.84 Å². The van der Waals surface area contributed by atoms with Crippen LogP contribution in [0.2, 0.25) is 0 Å². The first-order chi connectivity index (χ1) is 8.42. The smallest absolute Gasteiger partial charge is 0.180 e. The standard InChI is InChI=1S/C13H19NO3S/c1-10(2)18(15,16)12-5-3-11(4-6-12)13(7-14)8-17-9-13/h3-6,10H,7-9,14H2,1-2H3. The van der Waals surface area contributed by atoms with Crippen molar-refractivity contribution in [2.75, 3.05) is 19.8 Å². The lowest BCUT2D eigenvalue weighted by atomic mass is 9.79. The summed E-state index contributed by atoms with van der Waals surface area (Å²) in [5.41, 5.74) is 6.70. The average molecular weight is 269 g/mol. The third-order valence-electron chi connectivity index (χ3n) is 3.56. The Kier molecular flexibility index (Phi) is 3.49. The Hall–Kier alpha value is -0.910. The van der Waals surface area contributed by atoms with Crippen LogP contribution in [0.4, 0.5) is 0 Å². The van der Waals surface area contributed by atoms with E-state index in [1.807, 2.05) is 12.1 Å². The number of rotatable bonds is 4. The Morgan fingerprint density at radius 1 is 1.28 bits per heavy atom. The molecule has 0 bridgehead atoms. The molecule has 18 heavy (non-hydrogen) atoms. The number of sulfone groups is 1. The molecule has 1 aromatic carbocycles. The Balaban J connectivity index is 2.31. The van der Waals surface area contributed by atoms with Crippen molar-refractivity contribution in [3.05, 3.63) is 29.8 Å². The van der Waals surface area contributed by atoms with Crippen LogP contribution in [0.25, 0.3) is 0 Å². The van der Waals surface area contributed by atoms with Crippen LogP contribution < -0.4 is 5.73 Å². The van der Waals surface area contributed by atoms with Gasteiger partial charge in [0, 0.05) is 6.54 Å². The molecular weight excluding hydrogens is 250 g/mol. The number of hydrogen-bond acceptors (Lipinski definition) is 4. The van der Waals surface area contributed by atoms with E-state index in [1.165, 1.54) is 0 Å². The summed E-state index contributed by atoms with van der Waals surface area (Å²) in [5.74, 6) is 0. The lowest BCUT2D eigenvalue weighted by Crippen LogP contribution is -2.52. The molecule has 4 nitrogen and oxygen atoms in total. The van der Waals surface area contributed by atoms with Crippen molar-refractivity contribution in [1.29, 1.82) is 0 Å². The van der Waals surface area contributed by atoms with Gasteiger partial charge in [-0.15, -0.1) is 0 Å². The number of benzene rings is 1. The van der Waals surface area contributed by atoms with Gasteiger partial charge >= 0.3 is 0 Å². The molecule has 1 saturated heterocycles. The zero-order valence-corrected chi connectivity index (χ0v) is 11.5. The van der Waals surface area contributed by atoms with E-state index in [-0.39, 0.29) is 5.41 Å². The molecular formula is C13H19NO3S. The van der Waals surface area contributed by atoms with E-state index in [1.54, 1.807) is 26.0 Å². The van der Waals surface area contributed by atoms with Gasteiger partial charge in [-0.1, -0.05) is 12.1 Å². The first-order valence-electron chi connectivity index (χ1n) is 6.05. The normalized spacial score (nSPS) is 18.7. The minimum absolute atomic E-state index is 0.125. The Bertz CT molecular complexity index is 510. The van der Waals surface area contributed by atoms with Gasteiger partial charge in [-0.05, 0) is 31.5 Å². The summed E-state index contributed by atoms with van der Waals surface area (Å²) >= 11 is 0. The summed E-state index contributed by atoms with van der Waals surface area (Å²) in [6.07, 6.45) is 0. The van der Waals surface area contributed by atoms with Gasteiger partial charge in [0.25, 0.3) is 0 Å². The molecule has 1 aromatic rings. The summed E-state index contributed by atoms with van der Waals surface area (Å²) in [4.78, 5) is 0.369. The molecule has 0 aromatic heterocycles. The van der Waals surface area contributed by atoms with Crippen molar-refractivity contribution in [3.63, 3.8) is 0 Å². The highest BCUT2D eigenvalue weighted by Crippen LogP contribution is 2.32. The predicted octanol–water partition coefficient (Wildman–Crippen LogP) is 1.10. The summed E-state index contributed by atoms with van der Waals surface area (Å²) < 4.78 is 29.2. The highest BCUT2D eigenvalue weighted by atomic mass is 32.2. The second-order valence-electron chi connectivity index (χ2n) is 5.10. The summed E-state index contributed by atoms with van der Waals surface area (Å²) in [6, 6.07) is 7.04. The molecule has 100 valence electrons. The van der Waals surface area contributed by atoms with Gasteiger partial charge in [0.05, 0.1) is 28.8 Å². The molecule has 1 aliphatic rings. The third-order valence-corrected chi connectivity index (χ3v) is 5.73. The van der Waals surface area contributed by atoms with Crippen LogP contribution in [0, 0.1) is 0 Å². The molecule has 1 heterocycles. The fourth-order valence-electron chi connectivity index (χ4n) is 2.02. The van der Waals surface area contributed by atoms with E-state index in [0.717, 1.165) is 5.56 Å². The molecule has 1 fully saturated rings. The van der Waals surface area contributed by atoms with Crippen molar-refractivity contribution in [2.45, 2.75) is 29.4 Å². The van der Waals surface area contributed by atoms with Gasteiger partial charge in [-0.25, -0.2) is 8.42 Å². The SMILES string of the molecule is CC(C)S(=O)(=O)c1ccc(C2(CN)COC2)cc1. The van der Waals surface area contributed by atoms with Crippen molar-refractivity contribution in [1.82, 2.24) is 0 Å². The van der Waals surface area contributed by atoms with Gasteiger partial charge in [0.15, 0.2) is 9.84 Å². The largest absolute Gasteiger partial charge is 0.379 e. The van der Waals surface area contributed by atoms with Crippen molar-refractivity contribution in [3.8, 4) is 0 Å². The van der Waals surface area contributed by atoms with Gasteiger partial charge in [-0.3, -0.25) is 0 Å². The first-order valence-corrected chi connectivity index (χ1v) is 7.59. The lowest BCUT2D eigenvalue weighted by Gasteiger charge is -2.41. The van der Waals surface area contributed by atoms with Crippen LogP contribution in [0.3, 0.4) is 0 Å². The Morgan fingerprint density at radius 2 is 1.83 bits per heavy atom. The van der Waals surface area contributed by atoms with E-state index in [4.69, 9.17) is 10.5 Å². The maximum atomic E-state index is 12.0. The second kappa shape index (κ2) is 4.64. The predicted molar refractivity (Wildman–Crippen MR) is 70.3 cm³/mol. The lowest BCUT2D eigenvalue weighted by molar-refractivity contribution is -0.0550.